The number of H-pyrrole nitrogens is 1. The van der Waals surface area contributed by atoms with Crippen molar-refractivity contribution in [2.24, 2.45) is 5.92 Å². The highest BCUT2D eigenvalue weighted by molar-refractivity contribution is 5.97. The summed E-state index contributed by atoms with van der Waals surface area (Å²) in [5.74, 6) is 1.99. The van der Waals surface area contributed by atoms with E-state index in [1.807, 2.05) is 41.8 Å². The molecule has 3 heterocycles. The quantitative estimate of drug-likeness (QED) is 0.748. The van der Waals surface area contributed by atoms with Crippen LogP contribution in [-0.4, -0.2) is 83.3 Å². The van der Waals surface area contributed by atoms with Crippen molar-refractivity contribution < 1.29 is 19.1 Å². The lowest BCUT2D eigenvalue weighted by molar-refractivity contribution is -0.137. The first-order valence-corrected chi connectivity index (χ1v) is 10.7. The number of hydrogen-bond acceptors (Lipinski definition) is 6. The maximum Gasteiger partial charge on any atom is 0.257 e. The Morgan fingerprint density at radius 1 is 1.26 bits per heavy atom. The molecule has 1 N–H and O–H groups in total. The molecule has 4 rings (SSSR count). The highest BCUT2D eigenvalue weighted by atomic mass is 16.5. The molecule has 166 valence electrons. The third-order valence-electron chi connectivity index (χ3n) is 6.33. The lowest BCUT2D eigenvalue weighted by atomic mass is 9.72. The van der Waals surface area contributed by atoms with E-state index in [9.17, 15) is 9.59 Å². The van der Waals surface area contributed by atoms with Crippen molar-refractivity contribution >= 4 is 11.8 Å². The molecule has 9 nitrogen and oxygen atoms in total. The molecule has 0 aliphatic carbocycles. The number of amides is 2. The second-order valence-electron chi connectivity index (χ2n) is 8.24. The number of carbonyl (C=O) groups excluding carboxylic acids is 2. The number of aromatic amines is 1. The topological polar surface area (TPSA) is 101 Å². The predicted molar refractivity (Wildman–Crippen MR) is 113 cm³/mol. The zero-order valence-corrected chi connectivity index (χ0v) is 18.3. The standard InChI is InChI=1S/C22H29N5O4/c1-4-31-18-8-6-5-7-17(18)20(29)27-12-16-11-26(19(28)13-30-3)10-9-22(16,14-27)21-23-15(2)24-25-21/h5-8,16H,4,9-14H2,1-3H3,(H,23,24,25)/t16-,22-/m1/s1. The van der Waals surface area contributed by atoms with Crippen LogP contribution in [0.5, 0.6) is 5.75 Å². The van der Waals surface area contributed by atoms with Crippen molar-refractivity contribution in [1.29, 1.82) is 0 Å². The molecule has 1 aromatic heterocycles. The molecule has 1 aromatic carbocycles. The minimum Gasteiger partial charge on any atom is -0.493 e. The summed E-state index contributed by atoms with van der Waals surface area (Å²) >= 11 is 0. The van der Waals surface area contributed by atoms with E-state index in [-0.39, 0.29) is 29.8 Å². The van der Waals surface area contributed by atoms with Gasteiger partial charge in [-0.15, -0.1) is 0 Å². The summed E-state index contributed by atoms with van der Waals surface area (Å²) in [7, 11) is 1.52. The van der Waals surface area contributed by atoms with Crippen molar-refractivity contribution in [2.75, 3.05) is 46.5 Å². The predicted octanol–water partition coefficient (Wildman–Crippen LogP) is 1.40. The van der Waals surface area contributed by atoms with E-state index in [1.54, 1.807) is 6.07 Å². The normalized spacial score (nSPS) is 23.0. The number of nitrogens with zero attached hydrogens (tertiary/aromatic N) is 4. The molecule has 2 aliphatic rings. The van der Waals surface area contributed by atoms with E-state index in [0.717, 1.165) is 11.6 Å². The maximum absolute atomic E-state index is 13.5. The molecule has 0 radical (unpaired) electrons. The summed E-state index contributed by atoms with van der Waals surface area (Å²) in [5, 5.41) is 7.41. The number of methoxy groups -OCH3 is 1. The summed E-state index contributed by atoms with van der Waals surface area (Å²) in [6.45, 7) is 6.50. The van der Waals surface area contributed by atoms with E-state index >= 15 is 0 Å². The molecule has 0 saturated carbocycles. The molecule has 0 spiro atoms. The molecule has 2 amide bonds. The fraction of sp³-hybridized carbons (Fsp3) is 0.545. The summed E-state index contributed by atoms with van der Waals surface area (Å²) in [6, 6.07) is 7.33. The number of piperidine rings is 1. The molecule has 0 unspecified atom stereocenters. The maximum atomic E-state index is 13.5. The number of carbonyl (C=O) groups is 2. The van der Waals surface area contributed by atoms with Crippen LogP contribution in [0.2, 0.25) is 0 Å². The molecule has 9 heteroatoms. The number of nitrogens with one attached hydrogen (secondary N) is 1. The molecular weight excluding hydrogens is 398 g/mol. The molecule has 2 aromatic rings. The smallest absolute Gasteiger partial charge is 0.257 e. The first-order valence-electron chi connectivity index (χ1n) is 10.7. The summed E-state index contributed by atoms with van der Waals surface area (Å²) in [6.07, 6.45) is 0.696. The van der Waals surface area contributed by atoms with Crippen LogP contribution in [0, 0.1) is 12.8 Å². The number of likely N-dealkylation sites (tertiary alicyclic amines) is 2. The van der Waals surface area contributed by atoms with Gasteiger partial charge in [0.15, 0.2) is 5.82 Å². The van der Waals surface area contributed by atoms with Gasteiger partial charge in [0, 0.05) is 39.2 Å². The fourth-order valence-electron chi connectivity index (χ4n) is 4.80. The van der Waals surface area contributed by atoms with E-state index < -0.39 is 0 Å². The van der Waals surface area contributed by atoms with E-state index in [2.05, 4.69) is 15.2 Å². The van der Waals surface area contributed by atoms with Crippen molar-refractivity contribution in [3.63, 3.8) is 0 Å². The Labute approximate surface area is 181 Å². The Bertz CT molecular complexity index is 961. The lowest BCUT2D eigenvalue weighted by Crippen LogP contribution is -2.52. The van der Waals surface area contributed by atoms with Gasteiger partial charge >= 0.3 is 0 Å². The molecule has 2 atom stereocenters. The van der Waals surface area contributed by atoms with E-state index in [0.29, 0.717) is 50.5 Å². The Balaban J connectivity index is 1.63. The highest BCUT2D eigenvalue weighted by Gasteiger charge is 2.54. The van der Waals surface area contributed by atoms with Crippen molar-refractivity contribution in [2.45, 2.75) is 25.7 Å². The Kier molecular flexibility index (Phi) is 5.95. The minimum atomic E-state index is -0.384. The first-order chi connectivity index (χ1) is 15.0. The van der Waals surface area contributed by atoms with Gasteiger partial charge in [-0.3, -0.25) is 14.7 Å². The number of rotatable bonds is 6. The molecule has 31 heavy (non-hydrogen) atoms. The Hall–Kier alpha value is -2.94. The summed E-state index contributed by atoms with van der Waals surface area (Å²) in [4.78, 5) is 34.2. The van der Waals surface area contributed by atoms with Gasteiger partial charge in [-0.2, -0.15) is 5.10 Å². The first kappa shape index (κ1) is 21.3. The van der Waals surface area contributed by atoms with Crippen LogP contribution in [0.15, 0.2) is 24.3 Å². The van der Waals surface area contributed by atoms with Crippen LogP contribution in [0.1, 0.15) is 35.4 Å². The fourth-order valence-corrected chi connectivity index (χ4v) is 4.80. The van der Waals surface area contributed by atoms with Crippen LogP contribution in [0.3, 0.4) is 0 Å². The number of aromatic nitrogens is 3. The van der Waals surface area contributed by atoms with Gasteiger partial charge in [0.25, 0.3) is 5.91 Å². The van der Waals surface area contributed by atoms with Crippen molar-refractivity contribution in [3.05, 3.63) is 41.5 Å². The highest BCUT2D eigenvalue weighted by Crippen LogP contribution is 2.44. The van der Waals surface area contributed by atoms with Crippen LogP contribution in [0.25, 0.3) is 0 Å². The molecule has 2 aliphatic heterocycles. The number of benzene rings is 1. The Morgan fingerprint density at radius 2 is 2.03 bits per heavy atom. The number of ether oxygens (including phenoxy) is 2. The van der Waals surface area contributed by atoms with Crippen LogP contribution in [-0.2, 0) is 14.9 Å². The van der Waals surface area contributed by atoms with Crippen LogP contribution >= 0.6 is 0 Å². The number of aryl methyl sites for hydroxylation is 1. The number of hydrogen-bond donors (Lipinski definition) is 1. The zero-order chi connectivity index (χ0) is 22.0. The van der Waals surface area contributed by atoms with Crippen molar-refractivity contribution in [1.82, 2.24) is 25.0 Å². The second-order valence-corrected chi connectivity index (χ2v) is 8.24. The van der Waals surface area contributed by atoms with Crippen LogP contribution in [0.4, 0.5) is 0 Å². The summed E-state index contributed by atoms with van der Waals surface area (Å²) in [5.41, 5.74) is 0.168. The number of fused-ring (bicyclic) bond motifs is 1. The van der Waals surface area contributed by atoms with Gasteiger partial charge < -0.3 is 19.3 Å². The molecule has 2 saturated heterocycles. The van der Waals surface area contributed by atoms with Gasteiger partial charge in [0.2, 0.25) is 5.91 Å². The third-order valence-corrected chi connectivity index (χ3v) is 6.33. The Morgan fingerprint density at radius 3 is 2.74 bits per heavy atom. The van der Waals surface area contributed by atoms with Gasteiger partial charge in [-0.25, -0.2) is 4.98 Å². The number of para-hydroxylation sites is 1. The zero-order valence-electron chi connectivity index (χ0n) is 18.3. The van der Waals surface area contributed by atoms with Gasteiger partial charge in [0.05, 0.1) is 17.6 Å². The van der Waals surface area contributed by atoms with E-state index in [4.69, 9.17) is 9.47 Å². The SMILES string of the molecule is CCOc1ccccc1C(=O)N1C[C@H]2CN(C(=O)COC)CC[C@@]2(c2n[nH]c(C)n2)C1. The average molecular weight is 428 g/mol. The largest absolute Gasteiger partial charge is 0.493 e. The monoisotopic (exact) mass is 427 g/mol. The lowest BCUT2D eigenvalue weighted by Gasteiger charge is -2.41. The van der Waals surface area contributed by atoms with Crippen molar-refractivity contribution in [3.8, 4) is 5.75 Å². The van der Waals surface area contributed by atoms with Crippen LogP contribution < -0.4 is 4.74 Å². The second kappa shape index (κ2) is 8.66. The van der Waals surface area contributed by atoms with Gasteiger partial charge in [-0.05, 0) is 32.4 Å². The molecule has 2 fully saturated rings. The minimum absolute atomic E-state index is 0.0336. The van der Waals surface area contributed by atoms with E-state index in [1.165, 1.54) is 7.11 Å². The third kappa shape index (κ3) is 3.89. The summed E-state index contributed by atoms with van der Waals surface area (Å²) < 4.78 is 10.7. The van der Waals surface area contributed by atoms with Gasteiger partial charge in [-0.1, -0.05) is 12.1 Å². The molecule has 0 bridgehead atoms. The molecular formula is C22H29N5O4. The average Bonchev–Trinajstić information content (AvgIpc) is 3.38. The van der Waals surface area contributed by atoms with Gasteiger partial charge in [0.1, 0.15) is 18.2 Å².